The molecule has 0 spiro atoms. The number of halogens is 2. The topological polar surface area (TPSA) is 43.8 Å². The van der Waals surface area contributed by atoms with Crippen LogP contribution in [0.1, 0.15) is 11.3 Å². The molecule has 1 aromatic carbocycles. The number of hydrogen-bond donors (Lipinski definition) is 1. The number of nitrogens with zero attached hydrogens (tertiary/aromatic N) is 2. The summed E-state index contributed by atoms with van der Waals surface area (Å²) >= 11 is 5.80. The number of hydrogen-bond acceptors (Lipinski definition) is 2. The third-order valence-electron chi connectivity index (χ3n) is 2.25. The first-order valence-electron chi connectivity index (χ1n) is 4.85. The molecule has 0 aliphatic rings. The van der Waals surface area contributed by atoms with E-state index in [9.17, 15) is 4.39 Å². The molecule has 0 aliphatic heterocycles. The van der Waals surface area contributed by atoms with Crippen LogP contribution in [0.2, 0.25) is 5.02 Å². The summed E-state index contributed by atoms with van der Waals surface area (Å²) in [5.74, 6) is -0.283. The fraction of sp³-hybridized carbons (Fsp3) is 0.182. The minimum atomic E-state index is -0.283. The molecular weight excluding hydrogens is 229 g/mol. The monoisotopic (exact) mass is 239 g/mol. The summed E-state index contributed by atoms with van der Waals surface area (Å²) in [6.07, 6.45) is 1.77. The van der Waals surface area contributed by atoms with Crippen molar-refractivity contribution in [3.05, 3.63) is 52.6 Å². The Kier molecular flexibility index (Phi) is 3.22. The van der Waals surface area contributed by atoms with Crippen LogP contribution < -0.4 is 5.73 Å². The molecule has 0 atom stereocenters. The van der Waals surface area contributed by atoms with Crippen molar-refractivity contribution in [2.75, 3.05) is 0 Å². The van der Waals surface area contributed by atoms with Gasteiger partial charge in [-0.05, 0) is 24.3 Å². The maximum atomic E-state index is 13.4. The van der Waals surface area contributed by atoms with Crippen molar-refractivity contribution in [1.29, 1.82) is 0 Å². The van der Waals surface area contributed by atoms with Gasteiger partial charge in [0.1, 0.15) is 5.82 Å². The fourth-order valence-electron chi connectivity index (χ4n) is 1.44. The van der Waals surface area contributed by atoms with Gasteiger partial charge in [0.2, 0.25) is 0 Å². The van der Waals surface area contributed by atoms with Crippen LogP contribution in [0.5, 0.6) is 0 Å². The van der Waals surface area contributed by atoms with Crippen LogP contribution in [0.25, 0.3) is 0 Å². The first-order chi connectivity index (χ1) is 7.69. The third-order valence-corrected chi connectivity index (χ3v) is 2.48. The molecule has 5 heteroatoms. The van der Waals surface area contributed by atoms with Crippen molar-refractivity contribution < 1.29 is 4.39 Å². The predicted molar refractivity (Wildman–Crippen MR) is 60.6 cm³/mol. The molecule has 0 radical (unpaired) electrons. The maximum absolute atomic E-state index is 13.4. The lowest BCUT2D eigenvalue weighted by atomic mass is 10.2. The van der Waals surface area contributed by atoms with Gasteiger partial charge in [0.25, 0.3) is 0 Å². The lowest BCUT2D eigenvalue weighted by Crippen LogP contribution is -2.04. The lowest BCUT2D eigenvalue weighted by Gasteiger charge is -2.04. The van der Waals surface area contributed by atoms with Crippen molar-refractivity contribution in [3.63, 3.8) is 0 Å². The Morgan fingerprint density at radius 2 is 2.19 bits per heavy atom. The summed E-state index contributed by atoms with van der Waals surface area (Å²) in [6, 6.07) is 6.28. The Hall–Kier alpha value is -1.39. The van der Waals surface area contributed by atoms with Crippen LogP contribution in [0.4, 0.5) is 4.39 Å². The third kappa shape index (κ3) is 2.40. The van der Waals surface area contributed by atoms with Crippen molar-refractivity contribution in [1.82, 2.24) is 9.78 Å². The fourth-order valence-corrected chi connectivity index (χ4v) is 1.63. The van der Waals surface area contributed by atoms with Crippen LogP contribution in [0.3, 0.4) is 0 Å². The van der Waals surface area contributed by atoms with Gasteiger partial charge in [0.15, 0.2) is 0 Å². The van der Waals surface area contributed by atoms with E-state index in [4.69, 9.17) is 17.3 Å². The van der Waals surface area contributed by atoms with Crippen LogP contribution >= 0.6 is 11.6 Å². The van der Waals surface area contributed by atoms with E-state index < -0.39 is 0 Å². The molecule has 16 heavy (non-hydrogen) atoms. The molecule has 0 saturated heterocycles. The number of nitrogens with two attached hydrogens (primary N) is 1. The highest BCUT2D eigenvalue weighted by Gasteiger charge is 2.05. The van der Waals surface area contributed by atoms with Crippen LogP contribution in [-0.2, 0) is 13.1 Å². The molecule has 0 saturated carbocycles. The molecular formula is C11H11ClFN3. The highest BCUT2D eigenvalue weighted by Crippen LogP contribution is 2.15. The minimum Gasteiger partial charge on any atom is -0.325 e. The van der Waals surface area contributed by atoms with Crippen molar-refractivity contribution >= 4 is 11.6 Å². The molecule has 3 nitrogen and oxygen atoms in total. The Morgan fingerprint density at radius 3 is 2.88 bits per heavy atom. The summed E-state index contributed by atoms with van der Waals surface area (Å²) in [5.41, 5.74) is 6.73. The van der Waals surface area contributed by atoms with Gasteiger partial charge < -0.3 is 5.73 Å². The lowest BCUT2D eigenvalue weighted by molar-refractivity contribution is 0.583. The first kappa shape index (κ1) is 11.1. The Bertz CT molecular complexity index is 496. The van der Waals surface area contributed by atoms with E-state index in [0.717, 1.165) is 5.69 Å². The summed E-state index contributed by atoms with van der Waals surface area (Å²) in [4.78, 5) is 0. The second-order valence-electron chi connectivity index (χ2n) is 3.44. The molecule has 1 aromatic heterocycles. The van der Waals surface area contributed by atoms with Crippen molar-refractivity contribution in [2.24, 2.45) is 5.73 Å². The van der Waals surface area contributed by atoms with Gasteiger partial charge in [-0.15, -0.1) is 0 Å². The number of benzene rings is 1. The predicted octanol–water partition coefficient (Wildman–Crippen LogP) is 2.18. The number of rotatable bonds is 3. The van der Waals surface area contributed by atoms with Gasteiger partial charge in [0.05, 0.1) is 12.2 Å². The zero-order chi connectivity index (χ0) is 11.5. The summed E-state index contributed by atoms with van der Waals surface area (Å²) in [5, 5.41) is 4.69. The van der Waals surface area contributed by atoms with E-state index in [1.807, 2.05) is 6.07 Å². The van der Waals surface area contributed by atoms with E-state index in [-0.39, 0.29) is 5.82 Å². The van der Waals surface area contributed by atoms with E-state index in [2.05, 4.69) is 5.10 Å². The van der Waals surface area contributed by atoms with Gasteiger partial charge in [-0.3, -0.25) is 4.68 Å². The molecule has 0 bridgehead atoms. The maximum Gasteiger partial charge on any atom is 0.128 e. The normalized spacial score (nSPS) is 10.7. The Morgan fingerprint density at radius 1 is 1.38 bits per heavy atom. The molecule has 1 heterocycles. The average molecular weight is 240 g/mol. The largest absolute Gasteiger partial charge is 0.325 e. The number of aromatic nitrogens is 2. The average Bonchev–Trinajstić information content (AvgIpc) is 2.71. The molecule has 0 amide bonds. The highest BCUT2D eigenvalue weighted by molar-refractivity contribution is 6.30. The second kappa shape index (κ2) is 4.63. The van der Waals surface area contributed by atoms with E-state index in [1.54, 1.807) is 16.9 Å². The van der Waals surface area contributed by atoms with E-state index in [0.29, 0.717) is 23.7 Å². The summed E-state index contributed by atoms with van der Waals surface area (Å²) in [7, 11) is 0. The Labute approximate surface area is 97.6 Å². The SMILES string of the molecule is NCc1ccn(Cc2cc(Cl)ccc2F)n1. The van der Waals surface area contributed by atoms with Crippen LogP contribution in [0.15, 0.2) is 30.5 Å². The van der Waals surface area contributed by atoms with Crippen molar-refractivity contribution in [3.8, 4) is 0 Å². The minimum absolute atomic E-state index is 0.283. The van der Waals surface area contributed by atoms with Crippen LogP contribution in [0, 0.1) is 5.82 Å². The molecule has 0 unspecified atom stereocenters. The molecule has 2 rings (SSSR count). The molecule has 84 valence electrons. The van der Waals surface area contributed by atoms with E-state index in [1.165, 1.54) is 12.1 Å². The summed E-state index contributed by atoms with van der Waals surface area (Å²) < 4.78 is 15.1. The smallest absolute Gasteiger partial charge is 0.128 e. The van der Waals surface area contributed by atoms with E-state index >= 15 is 0 Å². The highest BCUT2D eigenvalue weighted by atomic mass is 35.5. The summed E-state index contributed by atoms with van der Waals surface area (Å²) in [6.45, 7) is 0.734. The Balaban J connectivity index is 2.22. The van der Waals surface area contributed by atoms with Gasteiger partial charge in [-0.1, -0.05) is 11.6 Å². The molecule has 2 aromatic rings. The molecule has 0 aliphatic carbocycles. The second-order valence-corrected chi connectivity index (χ2v) is 3.88. The van der Waals surface area contributed by atoms with Gasteiger partial charge in [0, 0.05) is 23.3 Å². The quantitative estimate of drug-likeness (QED) is 0.892. The first-order valence-corrected chi connectivity index (χ1v) is 5.23. The van der Waals surface area contributed by atoms with Gasteiger partial charge in [-0.2, -0.15) is 5.10 Å². The van der Waals surface area contributed by atoms with Crippen molar-refractivity contribution in [2.45, 2.75) is 13.1 Å². The van der Waals surface area contributed by atoms with Gasteiger partial charge in [-0.25, -0.2) is 4.39 Å². The standard InChI is InChI=1S/C11H11ClFN3/c12-9-1-2-11(13)8(5-9)7-16-4-3-10(6-14)15-16/h1-5H,6-7,14H2. The van der Waals surface area contributed by atoms with Gasteiger partial charge >= 0.3 is 0 Å². The zero-order valence-electron chi connectivity index (χ0n) is 8.53. The molecule has 2 N–H and O–H groups in total. The molecule has 0 fully saturated rings. The van der Waals surface area contributed by atoms with Crippen LogP contribution in [-0.4, -0.2) is 9.78 Å². The zero-order valence-corrected chi connectivity index (χ0v) is 9.28.